The second-order valence-corrected chi connectivity index (χ2v) is 14.0. The molecule has 5 atom stereocenters. The monoisotopic (exact) mass is 620 g/mol. The van der Waals surface area contributed by atoms with Crippen LogP contribution in [0.15, 0.2) is 36.4 Å². The van der Waals surface area contributed by atoms with E-state index < -0.39 is 0 Å². The fourth-order valence-corrected chi connectivity index (χ4v) is 8.17. The maximum Gasteiger partial charge on any atom is 0.254 e. The molecule has 3 aromatic heterocycles. The van der Waals surface area contributed by atoms with Gasteiger partial charge in [0.1, 0.15) is 11.3 Å². The van der Waals surface area contributed by atoms with Gasteiger partial charge in [-0.25, -0.2) is 4.98 Å². The van der Waals surface area contributed by atoms with Crippen molar-refractivity contribution in [3.63, 3.8) is 0 Å². The van der Waals surface area contributed by atoms with Crippen LogP contribution in [0.4, 0.5) is 11.4 Å². The summed E-state index contributed by atoms with van der Waals surface area (Å²) in [7, 11) is 5.70. The molecule has 2 bridgehead atoms. The number of nitrogens with one attached hydrogen (secondary N) is 1. The van der Waals surface area contributed by atoms with Crippen LogP contribution in [0.2, 0.25) is 0 Å². The van der Waals surface area contributed by atoms with E-state index in [1.54, 1.807) is 7.11 Å². The summed E-state index contributed by atoms with van der Waals surface area (Å²) in [6.45, 7) is 8.11. The topological polar surface area (TPSA) is 108 Å². The summed E-state index contributed by atoms with van der Waals surface area (Å²) >= 11 is 0. The molecule has 2 aliphatic heterocycles. The normalized spacial score (nSPS) is 23.9. The molecular weight excluding hydrogens is 576 g/mol. The molecule has 1 amide bonds. The molecule has 2 aromatic carbocycles. The van der Waals surface area contributed by atoms with Crippen molar-refractivity contribution in [2.75, 3.05) is 19.0 Å². The zero-order valence-electron chi connectivity index (χ0n) is 27.7. The Bertz CT molecular complexity index is 2020. The third kappa shape index (κ3) is 4.52. The van der Waals surface area contributed by atoms with E-state index in [-0.39, 0.29) is 18.0 Å². The summed E-state index contributed by atoms with van der Waals surface area (Å²) < 4.78 is 12.4. The summed E-state index contributed by atoms with van der Waals surface area (Å²) in [5.74, 6) is 3.24. The van der Waals surface area contributed by atoms with Crippen molar-refractivity contribution < 1.29 is 9.53 Å². The van der Waals surface area contributed by atoms with Gasteiger partial charge in [-0.05, 0) is 81.5 Å². The van der Waals surface area contributed by atoms with E-state index in [9.17, 15) is 4.79 Å². The van der Waals surface area contributed by atoms with Gasteiger partial charge in [0.2, 0.25) is 0 Å². The van der Waals surface area contributed by atoms with Crippen LogP contribution in [-0.2, 0) is 20.6 Å². The minimum Gasteiger partial charge on any atom is -0.494 e. The number of piperidine rings is 2. The molecule has 2 saturated heterocycles. The molecule has 2 unspecified atom stereocenters. The minimum atomic E-state index is 0.0440. The first-order valence-electron chi connectivity index (χ1n) is 16.6. The number of ether oxygens (including phenoxy) is 1. The van der Waals surface area contributed by atoms with Crippen LogP contribution in [0.3, 0.4) is 0 Å². The van der Waals surface area contributed by atoms with Crippen LogP contribution < -0.4 is 15.8 Å². The number of carbonyl (C=O) groups is 1. The molecule has 4 fully saturated rings. The Morgan fingerprint density at radius 1 is 1.11 bits per heavy atom. The maximum absolute atomic E-state index is 13.9. The summed E-state index contributed by atoms with van der Waals surface area (Å²) in [4.78, 5) is 21.2. The number of fused-ring (bicyclic) bond motifs is 5. The number of imidazole rings is 1. The number of carbonyl (C=O) groups excluding carboxylic acids is 1. The molecule has 4 aliphatic rings. The van der Waals surface area contributed by atoms with Crippen molar-refractivity contribution in [3.8, 4) is 17.3 Å². The smallest absolute Gasteiger partial charge is 0.254 e. The zero-order valence-corrected chi connectivity index (χ0v) is 27.7. The summed E-state index contributed by atoms with van der Waals surface area (Å²) in [5.41, 5.74) is 15.0. The fourth-order valence-electron chi connectivity index (χ4n) is 8.17. The lowest BCUT2D eigenvalue weighted by molar-refractivity contribution is 0.0261. The van der Waals surface area contributed by atoms with Crippen molar-refractivity contribution in [2.24, 2.45) is 37.6 Å². The van der Waals surface area contributed by atoms with Crippen LogP contribution in [0, 0.1) is 31.6 Å². The molecule has 0 spiro atoms. The Labute approximate surface area is 269 Å². The van der Waals surface area contributed by atoms with E-state index in [1.807, 2.05) is 42.7 Å². The molecule has 3 N–H and O–H groups in total. The Kier molecular flexibility index (Phi) is 6.72. The molecule has 46 heavy (non-hydrogen) atoms. The van der Waals surface area contributed by atoms with Crippen molar-refractivity contribution in [1.82, 2.24) is 28.8 Å². The molecule has 10 nitrogen and oxygen atoms in total. The number of aromatic nitrogens is 5. The van der Waals surface area contributed by atoms with Gasteiger partial charge in [-0.15, -0.1) is 0 Å². The number of hydrogen-bond donors (Lipinski definition) is 2. The maximum atomic E-state index is 13.9. The number of anilines is 2. The first-order chi connectivity index (χ1) is 22.1. The number of nitrogens with zero attached hydrogens (tertiary/aromatic N) is 6. The predicted molar refractivity (Wildman–Crippen MR) is 182 cm³/mol. The van der Waals surface area contributed by atoms with Gasteiger partial charge in [0.25, 0.3) is 5.91 Å². The van der Waals surface area contributed by atoms with E-state index in [0.29, 0.717) is 29.1 Å². The average Bonchev–Trinajstić information content (AvgIpc) is 3.34. The van der Waals surface area contributed by atoms with Gasteiger partial charge < -0.3 is 29.8 Å². The number of methoxy groups -OCH3 is 1. The largest absolute Gasteiger partial charge is 0.494 e. The van der Waals surface area contributed by atoms with E-state index in [4.69, 9.17) is 15.5 Å². The molecule has 9 rings (SSSR count). The average molecular weight is 621 g/mol. The van der Waals surface area contributed by atoms with Crippen LogP contribution >= 0.6 is 0 Å². The van der Waals surface area contributed by atoms with E-state index in [2.05, 4.69) is 57.7 Å². The zero-order chi connectivity index (χ0) is 32.0. The van der Waals surface area contributed by atoms with Crippen molar-refractivity contribution >= 4 is 39.2 Å². The lowest BCUT2D eigenvalue weighted by atomic mass is 9.76. The van der Waals surface area contributed by atoms with Gasteiger partial charge in [-0.1, -0.05) is 19.1 Å². The Morgan fingerprint density at radius 2 is 1.91 bits per heavy atom. The van der Waals surface area contributed by atoms with Crippen LogP contribution in [0.1, 0.15) is 54.4 Å². The van der Waals surface area contributed by atoms with E-state index in [1.165, 1.54) is 6.42 Å². The Hall–Kier alpha value is -4.31. The quantitative estimate of drug-likeness (QED) is 0.234. The van der Waals surface area contributed by atoms with Crippen LogP contribution in [0.5, 0.6) is 5.75 Å². The van der Waals surface area contributed by atoms with Crippen LogP contribution in [0.25, 0.3) is 33.5 Å². The highest BCUT2D eigenvalue weighted by atomic mass is 16.5. The predicted octanol–water partition coefficient (Wildman–Crippen LogP) is 5.91. The standard InChI is InChI=1S/C36H44N8O2/c1-19-12-25(19)18-44-30(14-22-8-7-9-28(33(22)44)38-32-20(2)40-42(5)21(32)3)35-39-29-13-24(15-31(46-6)34(29)41(35)4)36(45)43-17-23-10-11-26(43)16-27(23)37/h7-9,13-15,19,23,25-27,38H,10-12,16-18,37H2,1-6H3/t19?,23-,25?,26-,27+/m1/s1. The molecule has 10 heteroatoms. The number of nitrogens with two attached hydrogens (primary N) is 1. The van der Waals surface area contributed by atoms with Crippen LogP contribution in [-0.4, -0.2) is 60.4 Å². The number of amides is 1. The Balaban J connectivity index is 1.24. The highest BCUT2D eigenvalue weighted by molar-refractivity contribution is 6.01. The van der Waals surface area contributed by atoms with Crippen molar-refractivity contribution in [2.45, 2.75) is 65.1 Å². The highest BCUT2D eigenvalue weighted by Gasteiger charge is 2.41. The van der Waals surface area contributed by atoms with Gasteiger partial charge >= 0.3 is 0 Å². The van der Waals surface area contributed by atoms with Gasteiger partial charge in [0.15, 0.2) is 5.82 Å². The first kappa shape index (κ1) is 29.1. The first-order valence-corrected chi connectivity index (χ1v) is 16.6. The van der Waals surface area contributed by atoms with Gasteiger partial charge in [0.05, 0.1) is 46.6 Å². The Morgan fingerprint density at radius 3 is 2.57 bits per heavy atom. The second-order valence-electron chi connectivity index (χ2n) is 14.0. The minimum absolute atomic E-state index is 0.0440. The summed E-state index contributed by atoms with van der Waals surface area (Å²) in [5, 5.41) is 9.53. The van der Waals surface area contributed by atoms with E-state index >= 15 is 0 Å². The van der Waals surface area contributed by atoms with Crippen molar-refractivity contribution in [1.29, 1.82) is 0 Å². The number of rotatable bonds is 7. The second kappa shape index (κ2) is 10.6. The number of aryl methyl sites for hydroxylation is 3. The summed E-state index contributed by atoms with van der Waals surface area (Å²) in [6, 6.07) is 12.9. The third-order valence-electron chi connectivity index (χ3n) is 11.2. The third-order valence-corrected chi connectivity index (χ3v) is 11.2. The molecular formula is C36H44N8O2. The van der Waals surface area contributed by atoms with Gasteiger partial charge in [-0.3, -0.25) is 9.48 Å². The lowest BCUT2D eigenvalue weighted by Crippen LogP contribution is -2.58. The number of hydrogen-bond acceptors (Lipinski definition) is 6. The highest BCUT2D eigenvalue weighted by Crippen LogP contribution is 2.44. The fraction of sp³-hybridized carbons (Fsp3) is 0.472. The van der Waals surface area contributed by atoms with Gasteiger partial charge in [-0.2, -0.15) is 5.10 Å². The van der Waals surface area contributed by atoms with E-state index in [0.717, 1.165) is 88.6 Å². The van der Waals surface area contributed by atoms with Gasteiger partial charge in [0, 0.05) is 50.2 Å². The molecule has 0 radical (unpaired) electrons. The molecule has 5 aromatic rings. The lowest BCUT2D eigenvalue weighted by Gasteiger charge is -2.48. The number of benzene rings is 2. The molecule has 240 valence electrons. The number of para-hydroxylation sites is 1. The summed E-state index contributed by atoms with van der Waals surface area (Å²) in [6.07, 6.45) is 4.23. The molecule has 2 saturated carbocycles. The molecule has 2 aliphatic carbocycles. The van der Waals surface area contributed by atoms with Crippen molar-refractivity contribution in [3.05, 3.63) is 53.3 Å². The molecule has 5 heterocycles. The SMILES string of the molecule is COc1cc(C(=O)N2C[C@H]3CC[C@@H]2C[C@@H]3N)cc2nc(-c3cc4cccc(Nc5c(C)nn(C)c5C)c4n3CC3CC3C)n(C)c12.